The first-order valence-corrected chi connectivity index (χ1v) is 10.4. The van der Waals surface area contributed by atoms with Crippen molar-refractivity contribution in [2.75, 3.05) is 40.8 Å². The number of nitrogens with zero attached hydrogens (tertiary/aromatic N) is 4. The number of likely N-dealkylation sites (N-methyl/N-ethyl adjacent to an activating group) is 1. The lowest BCUT2D eigenvalue weighted by Gasteiger charge is -2.18. The van der Waals surface area contributed by atoms with Gasteiger partial charge in [0.1, 0.15) is 0 Å². The standard InChI is InChI=1S/C23H32N6O2.HI/c1-5-24-23(26-16-18-9-11-19(12-10-18)22(31)28(2)3)27-17-21(30)29(4)15-13-20-8-6-7-14-25-20;/h6-12,14H,5,13,15-17H2,1-4H3,(H2,24,26,27);1H. The number of halogens is 1. The average Bonchev–Trinajstić information content (AvgIpc) is 2.79. The lowest BCUT2D eigenvalue weighted by atomic mass is 10.1. The molecule has 0 aliphatic heterocycles. The smallest absolute Gasteiger partial charge is 0.253 e. The maximum absolute atomic E-state index is 12.4. The lowest BCUT2D eigenvalue weighted by Crippen LogP contribution is -2.44. The molecule has 2 aromatic rings. The summed E-state index contributed by atoms with van der Waals surface area (Å²) in [7, 11) is 5.24. The molecule has 2 rings (SSSR count). The third-order valence-electron chi connectivity index (χ3n) is 4.63. The summed E-state index contributed by atoms with van der Waals surface area (Å²) in [6.07, 6.45) is 2.47. The number of aromatic nitrogens is 1. The van der Waals surface area contributed by atoms with Crippen molar-refractivity contribution in [1.29, 1.82) is 0 Å². The molecular formula is C23H33IN6O2. The predicted octanol–water partition coefficient (Wildman–Crippen LogP) is 2.16. The Kier molecular flexibility index (Phi) is 12.3. The summed E-state index contributed by atoms with van der Waals surface area (Å²) in [4.78, 5) is 36.5. The minimum absolute atomic E-state index is 0. The number of amides is 2. The Balaban J connectivity index is 0.00000512. The minimum Gasteiger partial charge on any atom is -0.357 e. The zero-order chi connectivity index (χ0) is 22.6. The van der Waals surface area contributed by atoms with E-state index >= 15 is 0 Å². The fourth-order valence-electron chi connectivity index (χ4n) is 2.77. The van der Waals surface area contributed by atoms with Crippen LogP contribution in [0, 0.1) is 0 Å². The van der Waals surface area contributed by atoms with Crippen molar-refractivity contribution >= 4 is 41.8 Å². The monoisotopic (exact) mass is 552 g/mol. The summed E-state index contributed by atoms with van der Waals surface area (Å²) in [6.45, 7) is 3.85. The molecule has 1 aromatic carbocycles. The second-order valence-electron chi connectivity index (χ2n) is 7.33. The first-order chi connectivity index (χ1) is 14.9. The summed E-state index contributed by atoms with van der Waals surface area (Å²) < 4.78 is 0. The topological polar surface area (TPSA) is 89.9 Å². The Hall–Kier alpha value is -2.69. The summed E-state index contributed by atoms with van der Waals surface area (Å²) >= 11 is 0. The number of hydrogen-bond acceptors (Lipinski definition) is 4. The maximum atomic E-state index is 12.4. The van der Waals surface area contributed by atoms with Gasteiger partial charge in [-0.3, -0.25) is 14.6 Å². The molecule has 174 valence electrons. The summed E-state index contributed by atoms with van der Waals surface area (Å²) in [5.41, 5.74) is 2.58. The van der Waals surface area contributed by atoms with Crippen LogP contribution in [-0.4, -0.2) is 73.3 Å². The van der Waals surface area contributed by atoms with Gasteiger partial charge in [0.05, 0.1) is 13.1 Å². The van der Waals surface area contributed by atoms with Gasteiger partial charge < -0.3 is 20.4 Å². The minimum atomic E-state index is -0.0317. The third kappa shape index (κ3) is 9.21. The molecule has 0 aliphatic carbocycles. The van der Waals surface area contributed by atoms with Crippen molar-refractivity contribution in [3.8, 4) is 0 Å². The second kappa shape index (κ2) is 14.4. The summed E-state index contributed by atoms with van der Waals surface area (Å²) in [5, 5.41) is 6.23. The highest BCUT2D eigenvalue weighted by atomic mass is 127. The van der Waals surface area contributed by atoms with Gasteiger partial charge in [-0.15, -0.1) is 24.0 Å². The summed E-state index contributed by atoms with van der Waals surface area (Å²) in [6, 6.07) is 13.2. The van der Waals surface area contributed by atoms with Crippen molar-refractivity contribution < 1.29 is 9.59 Å². The van der Waals surface area contributed by atoms with Crippen LogP contribution in [0.5, 0.6) is 0 Å². The van der Waals surface area contributed by atoms with Crippen LogP contribution >= 0.6 is 24.0 Å². The molecule has 0 fully saturated rings. The average molecular weight is 552 g/mol. The number of nitrogens with one attached hydrogen (secondary N) is 2. The van der Waals surface area contributed by atoms with Gasteiger partial charge in [-0.2, -0.15) is 0 Å². The number of carbonyl (C=O) groups is 2. The van der Waals surface area contributed by atoms with Crippen molar-refractivity contribution in [2.45, 2.75) is 19.9 Å². The molecule has 0 aliphatic rings. The molecule has 9 heteroatoms. The van der Waals surface area contributed by atoms with E-state index in [1.54, 1.807) is 49.3 Å². The lowest BCUT2D eigenvalue weighted by molar-refractivity contribution is -0.128. The van der Waals surface area contributed by atoms with Gasteiger partial charge in [0.15, 0.2) is 5.96 Å². The predicted molar refractivity (Wildman–Crippen MR) is 138 cm³/mol. The van der Waals surface area contributed by atoms with Crippen molar-refractivity contribution in [3.63, 3.8) is 0 Å². The highest BCUT2D eigenvalue weighted by Crippen LogP contribution is 2.07. The molecule has 1 heterocycles. The van der Waals surface area contributed by atoms with E-state index in [4.69, 9.17) is 0 Å². The Morgan fingerprint density at radius 3 is 2.34 bits per heavy atom. The Bertz CT molecular complexity index is 872. The second-order valence-corrected chi connectivity index (χ2v) is 7.33. The van der Waals surface area contributed by atoms with Crippen molar-refractivity contribution in [2.24, 2.45) is 4.99 Å². The van der Waals surface area contributed by atoms with Gasteiger partial charge in [0, 0.05) is 58.1 Å². The molecule has 0 bridgehead atoms. The molecule has 0 unspecified atom stereocenters. The van der Waals surface area contributed by atoms with Crippen molar-refractivity contribution in [1.82, 2.24) is 25.4 Å². The molecular weight excluding hydrogens is 519 g/mol. The van der Waals surface area contributed by atoms with Crippen LogP contribution in [0.3, 0.4) is 0 Å². The molecule has 0 radical (unpaired) electrons. The highest BCUT2D eigenvalue weighted by Gasteiger charge is 2.10. The van der Waals surface area contributed by atoms with E-state index in [1.165, 1.54) is 0 Å². The molecule has 0 spiro atoms. The van der Waals surface area contributed by atoms with Crippen LogP contribution in [0.25, 0.3) is 0 Å². The molecule has 2 N–H and O–H groups in total. The van der Waals surface area contributed by atoms with E-state index in [9.17, 15) is 9.59 Å². The fourth-order valence-corrected chi connectivity index (χ4v) is 2.77. The van der Waals surface area contributed by atoms with Gasteiger partial charge in [-0.1, -0.05) is 18.2 Å². The van der Waals surface area contributed by atoms with E-state index in [-0.39, 0.29) is 42.3 Å². The Morgan fingerprint density at radius 1 is 1.03 bits per heavy atom. The van der Waals surface area contributed by atoms with Gasteiger partial charge in [0.25, 0.3) is 5.91 Å². The zero-order valence-electron chi connectivity index (χ0n) is 19.2. The van der Waals surface area contributed by atoms with Gasteiger partial charge in [-0.25, -0.2) is 4.99 Å². The van der Waals surface area contributed by atoms with E-state index < -0.39 is 0 Å². The fraction of sp³-hybridized carbons (Fsp3) is 0.391. The normalized spacial score (nSPS) is 10.7. The number of carbonyl (C=O) groups excluding carboxylic acids is 2. The van der Waals surface area contributed by atoms with Gasteiger partial charge in [-0.05, 0) is 36.8 Å². The van der Waals surface area contributed by atoms with Crippen LogP contribution in [0.1, 0.15) is 28.5 Å². The number of guanidine groups is 1. The number of hydrogen-bond donors (Lipinski definition) is 2. The SMILES string of the molecule is CCNC(=NCc1ccc(C(=O)N(C)C)cc1)NCC(=O)N(C)CCc1ccccn1.I. The highest BCUT2D eigenvalue weighted by molar-refractivity contribution is 14.0. The molecule has 0 saturated carbocycles. The first-order valence-electron chi connectivity index (χ1n) is 10.4. The van der Waals surface area contributed by atoms with Crippen LogP contribution < -0.4 is 10.6 Å². The first kappa shape index (κ1) is 27.3. The molecule has 1 aromatic heterocycles. The number of aliphatic imine (C=N–C) groups is 1. The van der Waals surface area contributed by atoms with E-state index in [2.05, 4.69) is 20.6 Å². The summed E-state index contributed by atoms with van der Waals surface area (Å²) in [5.74, 6) is 0.520. The largest absolute Gasteiger partial charge is 0.357 e. The van der Waals surface area contributed by atoms with Crippen LogP contribution in [0.15, 0.2) is 53.7 Å². The molecule has 0 atom stereocenters. The van der Waals surface area contributed by atoms with Crippen LogP contribution in [0.2, 0.25) is 0 Å². The third-order valence-corrected chi connectivity index (χ3v) is 4.63. The molecule has 2 amide bonds. The van der Waals surface area contributed by atoms with Crippen LogP contribution in [-0.2, 0) is 17.8 Å². The van der Waals surface area contributed by atoms with E-state index in [1.807, 2.05) is 37.3 Å². The number of benzene rings is 1. The Labute approximate surface area is 207 Å². The quantitative estimate of drug-likeness (QED) is 0.283. The van der Waals surface area contributed by atoms with Gasteiger partial charge in [0.2, 0.25) is 5.91 Å². The number of pyridine rings is 1. The Morgan fingerprint density at radius 2 is 1.75 bits per heavy atom. The van der Waals surface area contributed by atoms with E-state index in [0.29, 0.717) is 37.6 Å². The van der Waals surface area contributed by atoms with Crippen molar-refractivity contribution in [3.05, 3.63) is 65.5 Å². The molecule has 0 saturated heterocycles. The molecule has 32 heavy (non-hydrogen) atoms. The zero-order valence-corrected chi connectivity index (χ0v) is 21.5. The molecule has 8 nitrogen and oxygen atoms in total. The number of rotatable bonds is 9. The van der Waals surface area contributed by atoms with Crippen LogP contribution in [0.4, 0.5) is 0 Å². The van der Waals surface area contributed by atoms with Gasteiger partial charge >= 0.3 is 0 Å². The maximum Gasteiger partial charge on any atom is 0.253 e. The van der Waals surface area contributed by atoms with E-state index in [0.717, 1.165) is 11.3 Å².